The smallest absolute Gasteiger partial charge is 0.125 e. The summed E-state index contributed by atoms with van der Waals surface area (Å²) in [4.78, 5) is 4.03. The summed E-state index contributed by atoms with van der Waals surface area (Å²) in [6.07, 6.45) is 5.63. The topological polar surface area (TPSA) is 47.3 Å². The Hall–Kier alpha value is -1.81. The number of imidazole rings is 1. The van der Waals surface area contributed by atoms with Crippen molar-refractivity contribution >= 4 is 0 Å². The first kappa shape index (κ1) is 10.4. The molecule has 1 heterocycles. The second-order valence-electron chi connectivity index (χ2n) is 4.26. The molecule has 0 radical (unpaired) electrons. The van der Waals surface area contributed by atoms with E-state index in [1.807, 2.05) is 29.0 Å². The molecule has 1 N–H and O–H groups in total. The van der Waals surface area contributed by atoms with E-state index in [0.717, 1.165) is 23.3 Å². The number of aliphatic hydroxyl groups excluding tert-OH is 1. The monoisotopic (exact) mass is 230 g/mol. The standard InChI is InChI=1S/C13H14N2O2/c1-17-11-4-2-3-9-7-10(13(16)12(9)11)15-6-5-14-8-15/h2-6,8,10,13,16H,7H2,1H3. The van der Waals surface area contributed by atoms with Crippen molar-refractivity contribution in [1.82, 2.24) is 9.55 Å². The molecule has 0 aliphatic heterocycles. The molecule has 2 atom stereocenters. The first-order valence-corrected chi connectivity index (χ1v) is 5.62. The van der Waals surface area contributed by atoms with Crippen molar-refractivity contribution < 1.29 is 9.84 Å². The molecule has 0 fully saturated rings. The van der Waals surface area contributed by atoms with E-state index >= 15 is 0 Å². The van der Waals surface area contributed by atoms with E-state index in [1.54, 1.807) is 19.6 Å². The molecule has 1 aromatic heterocycles. The first-order valence-electron chi connectivity index (χ1n) is 5.62. The Morgan fingerprint density at radius 2 is 2.35 bits per heavy atom. The van der Waals surface area contributed by atoms with Gasteiger partial charge in [-0.2, -0.15) is 0 Å². The lowest BCUT2D eigenvalue weighted by Crippen LogP contribution is -2.12. The van der Waals surface area contributed by atoms with E-state index in [-0.39, 0.29) is 6.04 Å². The van der Waals surface area contributed by atoms with E-state index in [2.05, 4.69) is 4.98 Å². The van der Waals surface area contributed by atoms with Crippen molar-refractivity contribution in [2.45, 2.75) is 18.6 Å². The second-order valence-corrected chi connectivity index (χ2v) is 4.26. The van der Waals surface area contributed by atoms with Gasteiger partial charge in [0.2, 0.25) is 0 Å². The predicted molar refractivity (Wildman–Crippen MR) is 62.9 cm³/mol. The highest BCUT2D eigenvalue weighted by Crippen LogP contribution is 2.43. The molecular formula is C13H14N2O2. The molecule has 1 aliphatic carbocycles. The van der Waals surface area contributed by atoms with Crippen LogP contribution in [-0.2, 0) is 6.42 Å². The van der Waals surface area contributed by atoms with Crippen LogP contribution in [-0.4, -0.2) is 21.8 Å². The summed E-state index contributed by atoms with van der Waals surface area (Å²) in [5.74, 6) is 0.762. The summed E-state index contributed by atoms with van der Waals surface area (Å²) < 4.78 is 7.26. The van der Waals surface area contributed by atoms with Crippen LogP contribution in [0.1, 0.15) is 23.3 Å². The minimum absolute atomic E-state index is 0.0174. The zero-order chi connectivity index (χ0) is 11.8. The maximum atomic E-state index is 10.4. The Labute approximate surface area is 99.5 Å². The summed E-state index contributed by atoms with van der Waals surface area (Å²) in [6.45, 7) is 0. The van der Waals surface area contributed by atoms with E-state index in [4.69, 9.17) is 4.74 Å². The molecule has 2 aromatic rings. The van der Waals surface area contributed by atoms with Gasteiger partial charge in [-0.05, 0) is 18.1 Å². The van der Waals surface area contributed by atoms with Crippen LogP contribution in [0.5, 0.6) is 5.75 Å². The molecule has 3 rings (SSSR count). The summed E-state index contributed by atoms with van der Waals surface area (Å²) >= 11 is 0. The molecule has 1 aliphatic rings. The van der Waals surface area contributed by atoms with E-state index in [0.29, 0.717) is 0 Å². The molecule has 2 unspecified atom stereocenters. The lowest BCUT2D eigenvalue weighted by Gasteiger charge is -2.17. The van der Waals surface area contributed by atoms with Crippen LogP contribution in [0.25, 0.3) is 0 Å². The van der Waals surface area contributed by atoms with Gasteiger partial charge in [0.1, 0.15) is 11.9 Å². The van der Waals surface area contributed by atoms with Gasteiger partial charge in [-0.25, -0.2) is 4.98 Å². The quantitative estimate of drug-likeness (QED) is 0.854. The number of hydrogen-bond acceptors (Lipinski definition) is 3. The van der Waals surface area contributed by atoms with Crippen LogP contribution < -0.4 is 4.74 Å². The SMILES string of the molecule is COc1cccc2c1C(O)C(n1ccnc1)C2. The molecule has 0 saturated heterocycles. The zero-order valence-corrected chi connectivity index (χ0v) is 9.58. The van der Waals surface area contributed by atoms with Crippen molar-refractivity contribution in [3.63, 3.8) is 0 Å². The maximum absolute atomic E-state index is 10.4. The number of ether oxygens (including phenoxy) is 1. The van der Waals surface area contributed by atoms with Gasteiger partial charge in [0, 0.05) is 18.0 Å². The maximum Gasteiger partial charge on any atom is 0.125 e. The molecular weight excluding hydrogens is 216 g/mol. The van der Waals surface area contributed by atoms with Crippen molar-refractivity contribution in [1.29, 1.82) is 0 Å². The molecule has 17 heavy (non-hydrogen) atoms. The molecule has 0 saturated carbocycles. The molecule has 1 aromatic carbocycles. The third kappa shape index (κ3) is 1.52. The van der Waals surface area contributed by atoms with Crippen LogP contribution in [0.3, 0.4) is 0 Å². The highest BCUT2D eigenvalue weighted by atomic mass is 16.5. The van der Waals surface area contributed by atoms with Gasteiger partial charge in [-0.3, -0.25) is 0 Å². The van der Waals surface area contributed by atoms with E-state index < -0.39 is 6.10 Å². The van der Waals surface area contributed by atoms with Gasteiger partial charge in [-0.15, -0.1) is 0 Å². The van der Waals surface area contributed by atoms with Gasteiger partial charge in [0.15, 0.2) is 0 Å². The second kappa shape index (κ2) is 3.89. The fraction of sp³-hybridized carbons (Fsp3) is 0.308. The van der Waals surface area contributed by atoms with Gasteiger partial charge in [-0.1, -0.05) is 12.1 Å². The minimum atomic E-state index is -0.532. The van der Waals surface area contributed by atoms with Crippen LogP contribution in [0.4, 0.5) is 0 Å². The number of benzene rings is 1. The lowest BCUT2D eigenvalue weighted by atomic mass is 10.1. The number of methoxy groups -OCH3 is 1. The number of hydrogen-bond donors (Lipinski definition) is 1. The van der Waals surface area contributed by atoms with E-state index in [9.17, 15) is 5.11 Å². The predicted octanol–water partition coefficient (Wildman–Crippen LogP) is 1.72. The van der Waals surface area contributed by atoms with Gasteiger partial charge >= 0.3 is 0 Å². The zero-order valence-electron chi connectivity index (χ0n) is 9.58. The summed E-state index contributed by atoms with van der Waals surface area (Å²) in [5, 5.41) is 10.4. The lowest BCUT2D eigenvalue weighted by molar-refractivity contribution is 0.125. The van der Waals surface area contributed by atoms with Crippen molar-refractivity contribution in [2.75, 3.05) is 7.11 Å². The van der Waals surface area contributed by atoms with Crippen LogP contribution >= 0.6 is 0 Å². The number of nitrogens with zero attached hydrogens (tertiary/aromatic N) is 2. The fourth-order valence-corrected chi connectivity index (χ4v) is 2.54. The summed E-state index contributed by atoms with van der Waals surface area (Å²) in [5.41, 5.74) is 2.06. The number of rotatable bonds is 2. The highest BCUT2D eigenvalue weighted by molar-refractivity contribution is 5.46. The molecule has 4 heteroatoms. The first-order chi connectivity index (χ1) is 8.31. The molecule has 4 nitrogen and oxygen atoms in total. The fourth-order valence-electron chi connectivity index (χ4n) is 2.54. The number of fused-ring (bicyclic) bond motifs is 1. The Kier molecular flexibility index (Phi) is 2.37. The Morgan fingerprint density at radius 1 is 1.47 bits per heavy atom. The third-order valence-corrected chi connectivity index (χ3v) is 3.37. The van der Waals surface area contributed by atoms with Crippen molar-refractivity contribution in [2.24, 2.45) is 0 Å². The largest absolute Gasteiger partial charge is 0.496 e. The molecule has 88 valence electrons. The molecule has 0 bridgehead atoms. The third-order valence-electron chi connectivity index (χ3n) is 3.37. The average Bonchev–Trinajstić information content (AvgIpc) is 2.97. The average molecular weight is 230 g/mol. The molecule has 0 spiro atoms. The Balaban J connectivity index is 2.03. The van der Waals surface area contributed by atoms with Gasteiger partial charge in [0.05, 0.1) is 19.5 Å². The Morgan fingerprint density at radius 3 is 3.06 bits per heavy atom. The number of aromatic nitrogens is 2. The van der Waals surface area contributed by atoms with Crippen molar-refractivity contribution in [3.8, 4) is 5.75 Å². The van der Waals surface area contributed by atoms with Crippen LogP contribution in [0, 0.1) is 0 Å². The van der Waals surface area contributed by atoms with Gasteiger partial charge in [0.25, 0.3) is 0 Å². The minimum Gasteiger partial charge on any atom is -0.496 e. The van der Waals surface area contributed by atoms with Gasteiger partial charge < -0.3 is 14.4 Å². The van der Waals surface area contributed by atoms with Crippen molar-refractivity contribution in [3.05, 3.63) is 48.0 Å². The molecule has 0 amide bonds. The van der Waals surface area contributed by atoms with Crippen LogP contribution in [0.15, 0.2) is 36.9 Å². The normalized spacial score (nSPS) is 22.5. The summed E-state index contributed by atoms with van der Waals surface area (Å²) in [6, 6.07) is 5.90. The van der Waals surface area contributed by atoms with E-state index in [1.165, 1.54) is 0 Å². The highest BCUT2D eigenvalue weighted by Gasteiger charge is 2.34. The summed E-state index contributed by atoms with van der Waals surface area (Å²) in [7, 11) is 1.63. The number of aliphatic hydroxyl groups is 1. The van der Waals surface area contributed by atoms with Crippen LogP contribution in [0.2, 0.25) is 0 Å². The Bertz CT molecular complexity index is 522.